The first-order valence-electron chi connectivity index (χ1n) is 7.15. The number of carboxylic acids is 1. The van der Waals surface area contributed by atoms with E-state index < -0.39 is 5.97 Å². The molecule has 6 nitrogen and oxygen atoms in total. The Balaban J connectivity index is 1.81. The van der Waals surface area contributed by atoms with E-state index in [1.165, 1.54) is 28.6 Å². The van der Waals surface area contributed by atoms with Crippen molar-refractivity contribution in [3.8, 4) is 11.7 Å². The number of pyridine rings is 1. The molecule has 0 radical (unpaired) electrons. The minimum absolute atomic E-state index is 0.0666. The molecule has 0 aliphatic rings. The van der Waals surface area contributed by atoms with Crippen molar-refractivity contribution >= 4 is 5.97 Å². The predicted octanol–water partition coefficient (Wildman–Crippen LogP) is 2.46. The second kappa shape index (κ2) is 6.31. The Morgan fingerprint density at radius 2 is 1.87 bits per heavy atom. The summed E-state index contributed by atoms with van der Waals surface area (Å²) in [5.41, 5.74) is 2.00. The van der Waals surface area contributed by atoms with E-state index in [2.05, 4.69) is 10.1 Å². The Kier molecular flexibility index (Phi) is 4.05. The van der Waals surface area contributed by atoms with Crippen LogP contribution in [-0.4, -0.2) is 30.9 Å². The van der Waals surface area contributed by atoms with Crippen LogP contribution in [-0.2, 0) is 12.8 Å². The molecule has 2 aromatic heterocycles. The lowest BCUT2D eigenvalue weighted by Gasteiger charge is -2.03. The molecule has 0 aliphatic carbocycles. The van der Waals surface area contributed by atoms with E-state index in [4.69, 9.17) is 5.11 Å². The van der Waals surface area contributed by atoms with Crippen molar-refractivity contribution in [3.05, 3.63) is 71.5 Å². The van der Waals surface area contributed by atoms with Crippen LogP contribution in [0.25, 0.3) is 5.82 Å². The summed E-state index contributed by atoms with van der Waals surface area (Å²) >= 11 is 0. The van der Waals surface area contributed by atoms with E-state index in [1.807, 2.05) is 30.3 Å². The lowest BCUT2D eigenvalue weighted by Crippen LogP contribution is -2.04. The number of aromatic nitrogens is 3. The van der Waals surface area contributed by atoms with Crippen molar-refractivity contribution in [2.45, 2.75) is 12.8 Å². The lowest BCUT2D eigenvalue weighted by atomic mass is 10.1. The number of carbonyl (C=O) groups is 1. The van der Waals surface area contributed by atoms with Gasteiger partial charge in [-0.15, -0.1) is 0 Å². The molecule has 116 valence electrons. The van der Waals surface area contributed by atoms with Gasteiger partial charge in [-0.3, -0.25) is 0 Å². The molecule has 2 N–H and O–H groups in total. The van der Waals surface area contributed by atoms with Gasteiger partial charge < -0.3 is 10.2 Å². The number of benzene rings is 1. The van der Waals surface area contributed by atoms with E-state index in [0.29, 0.717) is 12.1 Å². The monoisotopic (exact) mass is 309 g/mol. The first-order chi connectivity index (χ1) is 11.1. The van der Waals surface area contributed by atoms with Gasteiger partial charge in [-0.2, -0.15) is 9.78 Å². The molecular formula is C17H15N3O3. The predicted molar refractivity (Wildman–Crippen MR) is 83.8 cm³/mol. The highest BCUT2D eigenvalue weighted by Gasteiger charge is 2.12. The third-order valence-electron chi connectivity index (χ3n) is 3.46. The zero-order chi connectivity index (χ0) is 16.2. The fourth-order valence-electron chi connectivity index (χ4n) is 2.29. The first kappa shape index (κ1) is 14.8. The summed E-state index contributed by atoms with van der Waals surface area (Å²) in [7, 11) is 0. The van der Waals surface area contributed by atoms with Crippen molar-refractivity contribution in [1.29, 1.82) is 0 Å². The number of aromatic hydroxyl groups is 1. The molecule has 0 saturated carbocycles. The molecule has 3 rings (SSSR count). The zero-order valence-electron chi connectivity index (χ0n) is 12.3. The Morgan fingerprint density at radius 1 is 1.09 bits per heavy atom. The van der Waals surface area contributed by atoms with Crippen LogP contribution in [0.1, 0.15) is 21.6 Å². The average molecular weight is 309 g/mol. The van der Waals surface area contributed by atoms with Gasteiger partial charge in [0.15, 0.2) is 5.82 Å². The van der Waals surface area contributed by atoms with E-state index >= 15 is 0 Å². The Morgan fingerprint density at radius 3 is 2.61 bits per heavy atom. The highest BCUT2D eigenvalue weighted by molar-refractivity contribution is 5.87. The SMILES string of the molecule is O=C(O)c1ccnc(-n2nc(CCc3ccccc3)cc2O)c1. The standard InChI is InChI=1S/C17H15N3O3/c21-16-11-14(7-6-12-4-2-1-3-5-12)19-20(16)15-10-13(17(22)23)8-9-18-15/h1-5,8-11,21H,6-7H2,(H,22,23). The number of aromatic carboxylic acids is 1. The molecule has 3 aromatic rings. The van der Waals surface area contributed by atoms with Gasteiger partial charge in [0.2, 0.25) is 5.88 Å². The topological polar surface area (TPSA) is 88.2 Å². The van der Waals surface area contributed by atoms with Crippen LogP contribution in [0.2, 0.25) is 0 Å². The molecule has 0 saturated heterocycles. The minimum atomic E-state index is -1.05. The van der Waals surface area contributed by atoms with E-state index in [1.54, 1.807) is 6.07 Å². The molecule has 0 atom stereocenters. The summed E-state index contributed by atoms with van der Waals surface area (Å²) in [5.74, 6) is -0.846. The van der Waals surface area contributed by atoms with Gasteiger partial charge in [0.25, 0.3) is 0 Å². The summed E-state index contributed by atoms with van der Waals surface area (Å²) in [6, 6.07) is 14.3. The summed E-state index contributed by atoms with van der Waals surface area (Å²) in [4.78, 5) is 15.1. The number of carboxylic acid groups (broad SMARTS) is 1. The summed E-state index contributed by atoms with van der Waals surface area (Å²) < 4.78 is 1.24. The van der Waals surface area contributed by atoms with Crippen LogP contribution < -0.4 is 0 Å². The van der Waals surface area contributed by atoms with Crippen molar-refractivity contribution in [2.24, 2.45) is 0 Å². The summed E-state index contributed by atoms with van der Waals surface area (Å²) in [6.07, 6.45) is 2.85. The maximum absolute atomic E-state index is 11.0. The quantitative estimate of drug-likeness (QED) is 0.756. The molecule has 0 spiro atoms. The maximum Gasteiger partial charge on any atom is 0.335 e. The van der Waals surface area contributed by atoms with Crippen molar-refractivity contribution in [2.75, 3.05) is 0 Å². The lowest BCUT2D eigenvalue weighted by molar-refractivity contribution is 0.0696. The van der Waals surface area contributed by atoms with E-state index in [-0.39, 0.29) is 17.3 Å². The first-order valence-corrected chi connectivity index (χ1v) is 7.15. The van der Waals surface area contributed by atoms with Gasteiger partial charge in [0.1, 0.15) is 0 Å². The Bertz CT molecular complexity index is 828. The van der Waals surface area contributed by atoms with Gasteiger partial charge in [-0.05, 0) is 30.5 Å². The largest absolute Gasteiger partial charge is 0.493 e. The molecule has 23 heavy (non-hydrogen) atoms. The van der Waals surface area contributed by atoms with Crippen molar-refractivity contribution in [3.63, 3.8) is 0 Å². The number of nitrogens with zero attached hydrogens (tertiary/aromatic N) is 3. The number of hydrogen-bond acceptors (Lipinski definition) is 4. The fraction of sp³-hybridized carbons (Fsp3) is 0.118. The number of hydrogen-bond donors (Lipinski definition) is 2. The molecule has 0 amide bonds. The minimum Gasteiger partial charge on any atom is -0.493 e. The van der Waals surface area contributed by atoms with Crippen molar-refractivity contribution in [1.82, 2.24) is 14.8 Å². The molecule has 0 unspecified atom stereocenters. The van der Waals surface area contributed by atoms with Crippen LogP contribution in [0.4, 0.5) is 0 Å². The molecular weight excluding hydrogens is 294 g/mol. The number of rotatable bonds is 5. The van der Waals surface area contributed by atoms with Crippen LogP contribution >= 0.6 is 0 Å². The molecule has 2 heterocycles. The molecule has 1 aromatic carbocycles. The Hall–Kier alpha value is -3.15. The Labute approximate surface area is 132 Å². The van der Waals surface area contributed by atoms with Crippen LogP contribution in [0.3, 0.4) is 0 Å². The third kappa shape index (κ3) is 3.37. The smallest absolute Gasteiger partial charge is 0.335 e. The van der Waals surface area contributed by atoms with Crippen LogP contribution in [0.15, 0.2) is 54.7 Å². The van der Waals surface area contributed by atoms with Crippen LogP contribution in [0.5, 0.6) is 5.88 Å². The van der Waals surface area contributed by atoms with Crippen LogP contribution in [0, 0.1) is 0 Å². The molecule has 6 heteroatoms. The average Bonchev–Trinajstić information content (AvgIpc) is 2.95. The molecule has 0 aliphatic heterocycles. The maximum atomic E-state index is 11.0. The van der Waals surface area contributed by atoms with E-state index in [0.717, 1.165) is 6.42 Å². The zero-order valence-corrected chi connectivity index (χ0v) is 12.3. The second-order valence-corrected chi connectivity index (χ2v) is 5.10. The van der Waals surface area contributed by atoms with E-state index in [9.17, 15) is 9.90 Å². The summed E-state index contributed by atoms with van der Waals surface area (Å²) in [5, 5.41) is 23.4. The van der Waals surface area contributed by atoms with Gasteiger partial charge in [-0.25, -0.2) is 9.78 Å². The number of aryl methyl sites for hydroxylation is 2. The second-order valence-electron chi connectivity index (χ2n) is 5.10. The molecule has 0 fully saturated rings. The normalized spacial score (nSPS) is 10.6. The highest BCUT2D eigenvalue weighted by atomic mass is 16.4. The highest BCUT2D eigenvalue weighted by Crippen LogP contribution is 2.18. The molecule has 0 bridgehead atoms. The summed E-state index contributed by atoms with van der Waals surface area (Å²) in [6.45, 7) is 0. The van der Waals surface area contributed by atoms with Crippen molar-refractivity contribution < 1.29 is 15.0 Å². The van der Waals surface area contributed by atoms with Gasteiger partial charge in [0, 0.05) is 12.3 Å². The third-order valence-corrected chi connectivity index (χ3v) is 3.46. The van der Waals surface area contributed by atoms with Gasteiger partial charge >= 0.3 is 5.97 Å². The van der Waals surface area contributed by atoms with Gasteiger partial charge in [-0.1, -0.05) is 30.3 Å². The fourth-order valence-corrected chi connectivity index (χ4v) is 2.29. The van der Waals surface area contributed by atoms with Gasteiger partial charge in [0.05, 0.1) is 11.3 Å².